The van der Waals surface area contributed by atoms with Gasteiger partial charge in [-0.25, -0.2) is 24.0 Å². The normalized spacial score (nSPS) is 17.9. The molecule has 7 nitrogen and oxygen atoms in total. The zero-order chi connectivity index (χ0) is 15.5. The van der Waals surface area contributed by atoms with Crippen molar-refractivity contribution in [1.82, 2.24) is 14.6 Å². The molecule has 0 bridgehead atoms. The molecule has 2 heterocycles. The lowest BCUT2D eigenvalue weighted by molar-refractivity contribution is 0.260. The molecule has 1 aromatic heterocycles. The highest BCUT2D eigenvalue weighted by atomic mass is 35.5. The summed E-state index contributed by atoms with van der Waals surface area (Å²) < 4.78 is 27.0. The summed E-state index contributed by atoms with van der Waals surface area (Å²) in [6.45, 7) is 4.41. The molecule has 0 spiro atoms. The van der Waals surface area contributed by atoms with Gasteiger partial charge in [0.05, 0.1) is 5.02 Å². The smallest absolute Gasteiger partial charge is 0.242 e. The van der Waals surface area contributed by atoms with E-state index in [2.05, 4.69) is 20.0 Å². The average molecular weight is 334 g/mol. The van der Waals surface area contributed by atoms with Gasteiger partial charge in [0, 0.05) is 18.8 Å². The van der Waals surface area contributed by atoms with E-state index in [1.54, 1.807) is 0 Å². The molecule has 1 aliphatic heterocycles. The van der Waals surface area contributed by atoms with E-state index in [1.165, 1.54) is 25.1 Å². The van der Waals surface area contributed by atoms with Crippen LogP contribution >= 0.6 is 11.6 Å². The highest BCUT2D eigenvalue weighted by Gasteiger charge is 2.21. The van der Waals surface area contributed by atoms with Gasteiger partial charge in [0.2, 0.25) is 10.0 Å². The van der Waals surface area contributed by atoms with Gasteiger partial charge >= 0.3 is 0 Å². The van der Waals surface area contributed by atoms with Crippen molar-refractivity contribution in [2.75, 3.05) is 25.1 Å². The van der Waals surface area contributed by atoms with Gasteiger partial charge in [0.25, 0.3) is 0 Å². The van der Waals surface area contributed by atoms with Crippen LogP contribution in [-0.4, -0.2) is 44.0 Å². The second-order valence-electron chi connectivity index (χ2n) is 5.09. The van der Waals surface area contributed by atoms with E-state index in [0.29, 0.717) is 6.54 Å². The maximum Gasteiger partial charge on any atom is 0.242 e. The van der Waals surface area contributed by atoms with Crippen LogP contribution in [0, 0.1) is 0 Å². The highest BCUT2D eigenvalue weighted by molar-refractivity contribution is 7.89. The van der Waals surface area contributed by atoms with Crippen molar-refractivity contribution in [3.63, 3.8) is 0 Å². The summed E-state index contributed by atoms with van der Waals surface area (Å²) >= 11 is 5.90. The van der Waals surface area contributed by atoms with Gasteiger partial charge in [-0.2, -0.15) is 0 Å². The molecule has 0 amide bonds. The van der Waals surface area contributed by atoms with Crippen LogP contribution in [0.25, 0.3) is 0 Å². The molecule has 0 radical (unpaired) electrons. The summed E-state index contributed by atoms with van der Waals surface area (Å²) in [4.78, 5) is 6.17. The first-order chi connectivity index (χ1) is 9.94. The molecule has 0 saturated carbocycles. The third kappa shape index (κ3) is 4.04. The molecular weight excluding hydrogens is 314 g/mol. The number of hydrogen-bond acceptors (Lipinski definition) is 6. The first kappa shape index (κ1) is 16.4. The Balaban J connectivity index is 2.02. The van der Waals surface area contributed by atoms with E-state index in [1.807, 2.05) is 6.92 Å². The Bertz CT molecular complexity index is 589. The molecule has 118 valence electrons. The Labute approximate surface area is 129 Å². The molecule has 0 aliphatic carbocycles. The molecule has 1 atom stereocenters. The maximum atomic E-state index is 12.2. The number of nitrogens with zero attached hydrogens (tertiary/aromatic N) is 2. The van der Waals surface area contributed by atoms with Crippen molar-refractivity contribution in [1.29, 1.82) is 0 Å². The third-order valence-electron chi connectivity index (χ3n) is 3.60. The summed E-state index contributed by atoms with van der Waals surface area (Å²) in [6, 6.07) is 1.49. The van der Waals surface area contributed by atoms with Crippen molar-refractivity contribution in [3.05, 3.63) is 17.3 Å². The number of nitrogens with one attached hydrogen (secondary N) is 2. The number of aromatic nitrogens is 1. The minimum absolute atomic E-state index is 0.0279. The minimum Gasteiger partial charge on any atom is -0.307 e. The zero-order valence-electron chi connectivity index (χ0n) is 11.8. The van der Waals surface area contributed by atoms with E-state index in [-0.39, 0.29) is 21.8 Å². The second-order valence-corrected chi connectivity index (χ2v) is 7.26. The lowest BCUT2D eigenvalue weighted by Crippen LogP contribution is -2.40. The van der Waals surface area contributed by atoms with Crippen LogP contribution in [0.4, 0.5) is 5.82 Å². The molecule has 1 saturated heterocycles. The standard InChI is InChI=1S/C12H20ClN5O2S/c1-9(18-4-2-3-5-18)7-16-21(19,20)10-6-11(13)12(17-14)15-8-10/h6,8-9,16H,2-5,7,14H2,1H3,(H,15,17). The van der Waals surface area contributed by atoms with Crippen molar-refractivity contribution in [3.8, 4) is 0 Å². The van der Waals surface area contributed by atoms with Crippen LogP contribution in [0.3, 0.4) is 0 Å². The molecule has 1 unspecified atom stereocenters. The molecule has 1 aromatic rings. The fourth-order valence-corrected chi connectivity index (χ4v) is 3.68. The van der Waals surface area contributed by atoms with Gasteiger partial charge in [-0.05, 0) is 38.9 Å². The number of hydrazine groups is 1. The predicted octanol–water partition coefficient (Wildman–Crippen LogP) is 0.783. The van der Waals surface area contributed by atoms with Gasteiger partial charge in [-0.3, -0.25) is 4.90 Å². The Kier molecular flexibility index (Phi) is 5.39. The van der Waals surface area contributed by atoms with Gasteiger partial charge < -0.3 is 5.43 Å². The van der Waals surface area contributed by atoms with Gasteiger partial charge in [-0.15, -0.1) is 0 Å². The molecule has 2 rings (SSSR count). The van der Waals surface area contributed by atoms with E-state index < -0.39 is 10.0 Å². The quantitative estimate of drug-likeness (QED) is 0.525. The van der Waals surface area contributed by atoms with E-state index in [0.717, 1.165) is 13.1 Å². The maximum absolute atomic E-state index is 12.2. The highest BCUT2D eigenvalue weighted by Crippen LogP contribution is 2.21. The zero-order valence-corrected chi connectivity index (χ0v) is 13.4. The summed E-state index contributed by atoms with van der Waals surface area (Å²) in [6.07, 6.45) is 3.57. The number of anilines is 1. The third-order valence-corrected chi connectivity index (χ3v) is 5.27. The lowest BCUT2D eigenvalue weighted by atomic mass is 10.3. The van der Waals surface area contributed by atoms with Crippen molar-refractivity contribution < 1.29 is 8.42 Å². The van der Waals surface area contributed by atoms with E-state index in [4.69, 9.17) is 17.4 Å². The Morgan fingerprint density at radius 3 is 2.71 bits per heavy atom. The lowest BCUT2D eigenvalue weighted by Gasteiger charge is -2.23. The fraction of sp³-hybridized carbons (Fsp3) is 0.583. The second kappa shape index (κ2) is 6.89. The monoisotopic (exact) mass is 333 g/mol. The van der Waals surface area contributed by atoms with E-state index in [9.17, 15) is 8.42 Å². The largest absolute Gasteiger partial charge is 0.307 e. The molecule has 1 aliphatic rings. The Morgan fingerprint density at radius 1 is 1.48 bits per heavy atom. The van der Waals surface area contributed by atoms with Crippen LogP contribution in [0.15, 0.2) is 17.2 Å². The van der Waals surface area contributed by atoms with Gasteiger partial charge in [-0.1, -0.05) is 11.6 Å². The van der Waals surface area contributed by atoms with Crippen LogP contribution in [0.2, 0.25) is 5.02 Å². The molecule has 1 fully saturated rings. The summed E-state index contributed by atoms with van der Waals surface area (Å²) in [5.74, 6) is 5.45. The molecule has 0 aromatic carbocycles. The average Bonchev–Trinajstić information content (AvgIpc) is 2.99. The van der Waals surface area contributed by atoms with Crippen molar-refractivity contribution in [2.45, 2.75) is 30.7 Å². The summed E-state index contributed by atoms with van der Waals surface area (Å²) in [5, 5.41) is 0.160. The Morgan fingerprint density at radius 2 is 2.14 bits per heavy atom. The van der Waals surface area contributed by atoms with Crippen LogP contribution < -0.4 is 16.0 Å². The SMILES string of the molecule is CC(CNS(=O)(=O)c1cnc(NN)c(Cl)c1)N1CCCC1. The molecule has 4 N–H and O–H groups in total. The fourth-order valence-electron chi connectivity index (χ4n) is 2.30. The van der Waals surface area contributed by atoms with Crippen LogP contribution in [0.1, 0.15) is 19.8 Å². The van der Waals surface area contributed by atoms with Gasteiger partial charge in [0.15, 0.2) is 5.82 Å². The predicted molar refractivity (Wildman–Crippen MR) is 82.5 cm³/mol. The number of pyridine rings is 1. The Hall–Kier alpha value is -0.930. The van der Waals surface area contributed by atoms with E-state index >= 15 is 0 Å². The number of likely N-dealkylation sites (tertiary alicyclic amines) is 1. The number of sulfonamides is 1. The molecular formula is C12H20ClN5O2S. The summed E-state index contributed by atoms with van der Waals surface area (Å²) in [7, 11) is -3.62. The van der Waals surface area contributed by atoms with Crippen LogP contribution in [0.5, 0.6) is 0 Å². The minimum atomic E-state index is -3.62. The number of halogens is 1. The summed E-state index contributed by atoms with van der Waals surface area (Å²) in [5.41, 5.74) is 2.30. The number of nitrogen functional groups attached to an aromatic ring is 1. The molecule has 9 heteroatoms. The number of rotatable bonds is 6. The first-order valence-electron chi connectivity index (χ1n) is 6.80. The number of nitrogens with two attached hydrogens (primary N) is 1. The van der Waals surface area contributed by atoms with Crippen molar-refractivity contribution >= 4 is 27.4 Å². The molecule has 21 heavy (non-hydrogen) atoms. The van der Waals surface area contributed by atoms with Gasteiger partial charge in [0.1, 0.15) is 4.90 Å². The first-order valence-corrected chi connectivity index (χ1v) is 8.66. The van der Waals surface area contributed by atoms with Crippen molar-refractivity contribution in [2.24, 2.45) is 5.84 Å². The topological polar surface area (TPSA) is 100 Å². The number of hydrogen-bond donors (Lipinski definition) is 3. The van der Waals surface area contributed by atoms with Crippen LogP contribution in [-0.2, 0) is 10.0 Å².